The number of nitrogens with one attached hydrogen (secondary N) is 1. The highest BCUT2D eigenvalue weighted by Gasteiger charge is 2.11. The van der Waals surface area contributed by atoms with Gasteiger partial charge in [0.1, 0.15) is 29.8 Å². The fourth-order valence-corrected chi connectivity index (χ4v) is 2.28. The normalized spacial score (nSPS) is 10.1. The molecule has 3 rings (SSSR count). The summed E-state index contributed by atoms with van der Waals surface area (Å²) in [5.41, 5.74) is 9.00. The van der Waals surface area contributed by atoms with Gasteiger partial charge in [0.25, 0.3) is 0 Å². The first kappa shape index (κ1) is 13.8. The third kappa shape index (κ3) is 2.79. The Hall–Kier alpha value is -3.19. The van der Waals surface area contributed by atoms with Crippen molar-refractivity contribution in [3.8, 4) is 22.9 Å². The van der Waals surface area contributed by atoms with E-state index in [-0.39, 0.29) is 0 Å². The third-order valence-corrected chi connectivity index (χ3v) is 3.42. The summed E-state index contributed by atoms with van der Waals surface area (Å²) < 4.78 is 5.81. The fourth-order valence-electron chi connectivity index (χ4n) is 2.28. The Labute approximate surface area is 128 Å². The van der Waals surface area contributed by atoms with Crippen molar-refractivity contribution in [3.63, 3.8) is 0 Å². The summed E-state index contributed by atoms with van der Waals surface area (Å²) in [6.45, 7) is 0.505. The van der Waals surface area contributed by atoms with Crippen LogP contribution < -0.4 is 10.5 Å². The Kier molecular flexibility index (Phi) is 3.80. The van der Waals surface area contributed by atoms with Crippen LogP contribution in [0.3, 0.4) is 0 Å². The van der Waals surface area contributed by atoms with Gasteiger partial charge in [-0.05, 0) is 23.3 Å². The van der Waals surface area contributed by atoms with Gasteiger partial charge in [0, 0.05) is 11.8 Å². The van der Waals surface area contributed by atoms with Gasteiger partial charge in [0.05, 0.1) is 0 Å². The van der Waals surface area contributed by atoms with Crippen LogP contribution in [0.15, 0.2) is 60.8 Å². The number of benzene rings is 2. The molecular weight excluding hydrogens is 274 g/mol. The number of ether oxygens (including phenoxy) is 1. The molecule has 108 valence electrons. The molecule has 1 heterocycles. The predicted molar refractivity (Wildman–Crippen MR) is 86.1 cm³/mol. The predicted octanol–water partition coefficient (Wildman–Crippen LogP) is 3.71. The van der Waals surface area contributed by atoms with Crippen molar-refractivity contribution in [2.24, 2.45) is 0 Å². The van der Waals surface area contributed by atoms with E-state index in [1.54, 1.807) is 6.20 Å². The number of nitrogen functional groups attached to an aromatic ring is 1. The van der Waals surface area contributed by atoms with Gasteiger partial charge in [0.2, 0.25) is 0 Å². The van der Waals surface area contributed by atoms with E-state index in [2.05, 4.69) is 11.1 Å². The van der Waals surface area contributed by atoms with Crippen LogP contribution in [0.2, 0.25) is 0 Å². The molecule has 3 N–H and O–H groups in total. The molecule has 0 atom stereocenters. The zero-order valence-electron chi connectivity index (χ0n) is 11.9. The van der Waals surface area contributed by atoms with Crippen molar-refractivity contribution in [1.29, 1.82) is 5.26 Å². The van der Waals surface area contributed by atoms with Crippen molar-refractivity contribution in [2.45, 2.75) is 6.61 Å². The highest BCUT2D eigenvalue weighted by molar-refractivity contribution is 5.76. The zero-order chi connectivity index (χ0) is 15.4. The molecule has 0 bridgehead atoms. The first-order valence-corrected chi connectivity index (χ1v) is 6.92. The quantitative estimate of drug-likeness (QED) is 0.768. The Morgan fingerprint density at radius 3 is 2.68 bits per heavy atom. The molecule has 4 heteroatoms. The van der Waals surface area contributed by atoms with E-state index < -0.39 is 0 Å². The van der Waals surface area contributed by atoms with E-state index in [1.807, 2.05) is 54.6 Å². The lowest BCUT2D eigenvalue weighted by atomic mass is 10.0. The SMILES string of the molecule is N#Cc1c(-c2cccc(OCc3ccccc3)c2)c[nH]c1N. The lowest BCUT2D eigenvalue weighted by Crippen LogP contribution is -1.95. The number of anilines is 1. The molecule has 22 heavy (non-hydrogen) atoms. The molecule has 4 nitrogen and oxygen atoms in total. The second-order valence-electron chi connectivity index (χ2n) is 4.90. The van der Waals surface area contributed by atoms with Gasteiger partial charge in [-0.2, -0.15) is 5.26 Å². The van der Waals surface area contributed by atoms with Crippen LogP contribution in [0.25, 0.3) is 11.1 Å². The van der Waals surface area contributed by atoms with Gasteiger partial charge in [-0.3, -0.25) is 0 Å². The first-order valence-electron chi connectivity index (χ1n) is 6.92. The van der Waals surface area contributed by atoms with Gasteiger partial charge in [-0.25, -0.2) is 0 Å². The highest BCUT2D eigenvalue weighted by Crippen LogP contribution is 2.29. The number of nitriles is 1. The maximum Gasteiger partial charge on any atom is 0.120 e. The number of aromatic nitrogens is 1. The summed E-state index contributed by atoms with van der Waals surface area (Å²) in [5, 5.41) is 9.19. The topological polar surface area (TPSA) is 74.8 Å². The van der Waals surface area contributed by atoms with E-state index in [9.17, 15) is 5.26 Å². The summed E-state index contributed by atoms with van der Waals surface area (Å²) in [5.74, 6) is 1.14. The molecule has 1 aromatic heterocycles. The molecular formula is C18H15N3O. The second-order valence-corrected chi connectivity index (χ2v) is 4.90. The molecule has 0 spiro atoms. The largest absolute Gasteiger partial charge is 0.489 e. The molecule has 2 aromatic carbocycles. The highest BCUT2D eigenvalue weighted by atomic mass is 16.5. The van der Waals surface area contributed by atoms with E-state index in [4.69, 9.17) is 10.5 Å². The van der Waals surface area contributed by atoms with Gasteiger partial charge >= 0.3 is 0 Å². The molecule has 0 unspecified atom stereocenters. The Morgan fingerprint density at radius 2 is 1.91 bits per heavy atom. The standard InChI is InChI=1S/C18H15N3O/c19-10-16-17(11-21-18(16)20)14-7-4-8-15(9-14)22-12-13-5-2-1-3-6-13/h1-9,11,21H,12,20H2. The van der Waals surface area contributed by atoms with Crippen molar-refractivity contribution in [3.05, 3.63) is 71.9 Å². The molecule has 0 fully saturated rings. The number of nitrogens with zero attached hydrogens (tertiary/aromatic N) is 1. The van der Waals surface area contributed by atoms with Crippen LogP contribution in [0.4, 0.5) is 5.82 Å². The van der Waals surface area contributed by atoms with Crippen LogP contribution >= 0.6 is 0 Å². The summed E-state index contributed by atoms with van der Waals surface area (Å²) in [7, 11) is 0. The minimum Gasteiger partial charge on any atom is -0.489 e. The molecule has 0 aliphatic carbocycles. The lowest BCUT2D eigenvalue weighted by Gasteiger charge is -2.08. The molecule has 0 radical (unpaired) electrons. The average molecular weight is 289 g/mol. The van der Waals surface area contributed by atoms with E-state index in [1.165, 1.54) is 0 Å². The Bertz CT molecular complexity index is 816. The summed E-state index contributed by atoms with van der Waals surface area (Å²) in [4.78, 5) is 2.88. The fraction of sp³-hybridized carbons (Fsp3) is 0.0556. The smallest absolute Gasteiger partial charge is 0.120 e. The number of nitrogens with two attached hydrogens (primary N) is 1. The van der Waals surface area contributed by atoms with Gasteiger partial charge < -0.3 is 15.5 Å². The second kappa shape index (κ2) is 6.06. The van der Waals surface area contributed by atoms with Crippen molar-refractivity contribution in [1.82, 2.24) is 4.98 Å². The maximum atomic E-state index is 9.19. The van der Waals surface area contributed by atoms with Crippen molar-refractivity contribution < 1.29 is 4.74 Å². The van der Waals surface area contributed by atoms with Crippen LogP contribution in [0.1, 0.15) is 11.1 Å². The van der Waals surface area contributed by atoms with Crippen LogP contribution in [-0.4, -0.2) is 4.98 Å². The zero-order valence-corrected chi connectivity index (χ0v) is 11.9. The molecule has 0 aliphatic rings. The van der Waals surface area contributed by atoms with Crippen LogP contribution in [-0.2, 0) is 6.61 Å². The summed E-state index contributed by atoms with van der Waals surface area (Å²) in [6.07, 6.45) is 1.74. The number of hydrogen-bond donors (Lipinski definition) is 2. The van der Waals surface area contributed by atoms with Gasteiger partial charge in [-0.1, -0.05) is 42.5 Å². The molecule has 0 amide bonds. The molecule has 3 aromatic rings. The number of aromatic amines is 1. The monoisotopic (exact) mass is 289 g/mol. The lowest BCUT2D eigenvalue weighted by molar-refractivity contribution is 0.306. The summed E-state index contributed by atoms with van der Waals surface area (Å²) >= 11 is 0. The number of hydrogen-bond acceptors (Lipinski definition) is 3. The first-order chi connectivity index (χ1) is 10.8. The Balaban J connectivity index is 1.82. The van der Waals surface area contributed by atoms with Crippen LogP contribution in [0, 0.1) is 11.3 Å². The van der Waals surface area contributed by atoms with Gasteiger partial charge in [-0.15, -0.1) is 0 Å². The van der Waals surface area contributed by atoms with E-state index >= 15 is 0 Å². The summed E-state index contributed by atoms with van der Waals surface area (Å²) in [6, 6.07) is 19.7. The minimum atomic E-state index is 0.383. The van der Waals surface area contributed by atoms with Gasteiger partial charge in [0.15, 0.2) is 0 Å². The minimum absolute atomic E-state index is 0.383. The van der Waals surface area contributed by atoms with Crippen LogP contribution in [0.5, 0.6) is 5.75 Å². The van der Waals surface area contributed by atoms with Crippen molar-refractivity contribution in [2.75, 3.05) is 5.73 Å². The van der Waals surface area contributed by atoms with Crippen molar-refractivity contribution >= 4 is 5.82 Å². The number of rotatable bonds is 4. The molecule has 0 aliphatic heterocycles. The van der Waals surface area contributed by atoms with E-state index in [0.717, 1.165) is 22.4 Å². The maximum absolute atomic E-state index is 9.19. The Morgan fingerprint density at radius 1 is 1.09 bits per heavy atom. The number of H-pyrrole nitrogens is 1. The molecule has 0 saturated heterocycles. The third-order valence-electron chi connectivity index (χ3n) is 3.42. The average Bonchev–Trinajstić information content (AvgIpc) is 2.95. The molecule has 0 saturated carbocycles. The van der Waals surface area contributed by atoms with E-state index in [0.29, 0.717) is 18.0 Å².